The molecule has 0 aliphatic rings. The molecule has 0 spiro atoms. The van der Waals surface area contributed by atoms with Crippen LogP contribution in [-0.4, -0.2) is 47.6 Å². The van der Waals surface area contributed by atoms with Crippen LogP contribution in [0.2, 0.25) is 0 Å². The summed E-state index contributed by atoms with van der Waals surface area (Å²) in [6, 6.07) is -1.38. The molecule has 5 N–H and O–H groups in total. The fourth-order valence-electron chi connectivity index (χ4n) is 1.55. The van der Waals surface area contributed by atoms with E-state index in [4.69, 9.17) is 10.8 Å². The zero-order valence-electron chi connectivity index (χ0n) is 11.8. The number of hydrogen-bond acceptors (Lipinski definition) is 4. The standard InChI is InChI=1S/C12H23N3O4S/c1-8(3-4-10(16)17)7-14-11(18)9(5-6-20-2)15-12(13)19/h8-9H,3-7H2,1-2H3,(H,14,18)(H,16,17)(H3,13,15,19). The quantitative estimate of drug-likeness (QED) is 0.465. The lowest BCUT2D eigenvalue weighted by molar-refractivity contribution is -0.137. The van der Waals surface area contributed by atoms with Gasteiger partial charge in [-0.3, -0.25) is 9.59 Å². The maximum atomic E-state index is 11.9. The molecule has 0 rings (SSSR count). The summed E-state index contributed by atoms with van der Waals surface area (Å²) in [6.07, 6.45) is 2.98. The Hall–Kier alpha value is -1.44. The number of urea groups is 1. The Bertz CT molecular complexity index is 339. The largest absolute Gasteiger partial charge is 0.481 e. The molecule has 0 aromatic rings. The molecule has 0 fully saturated rings. The molecular weight excluding hydrogens is 282 g/mol. The van der Waals surface area contributed by atoms with Crippen molar-refractivity contribution in [2.24, 2.45) is 11.7 Å². The summed E-state index contributed by atoms with van der Waals surface area (Å²) in [5, 5.41) is 13.7. The van der Waals surface area contributed by atoms with Gasteiger partial charge in [-0.2, -0.15) is 11.8 Å². The maximum Gasteiger partial charge on any atom is 0.312 e. The summed E-state index contributed by atoms with van der Waals surface area (Å²) in [6.45, 7) is 2.24. The Kier molecular flexibility index (Phi) is 9.61. The van der Waals surface area contributed by atoms with Crippen LogP contribution >= 0.6 is 11.8 Å². The third-order valence-corrected chi connectivity index (χ3v) is 3.36. The van der Waals surface area contributed by atoms with E-state index in [0.29, 0.717) is 19.4 Å². The third-order valence-electron chi connectivity index (χ3n) is 2.72. The summed E-state index contributed by atoms with van der Waals surface area (Å²) in [5.74, 6) is -0.353. The van der Waals surface area contributed by atoms with Crippen LogP contribution in [0.4, 0.5) is 4.79 Å². The molecule has 3 amide bonds. The van der Waals surface area contributed by atoms with Gasteiger partial charge in [0.2, 0.25) is 5.91 Å². The molecule has 0 aliphatic carbocycles. The van der Waals surface area contributed by atoms with Gasteiger partial charge in [-0.05, 0) is 30.8 Å². The number of carbonyl (C=O) groups excluding carboxylic acids is 2. The number of carbonyl (C=O) groups is 3. The van der Waals surface area contributed by atoms with E-state index in [1.54, 1.807) is 11.8 Å². The average Bonchev–Trinajstić information content (AvgIpc) is 2.37. The van der Waals surface area contributed by atoms with Gasteiger partial charge in [0.05, 0.1) is 0 Å². The molecular formula is C12H23N3O4S. The Morgan fingerprint density at radius 3 is 2.45 bits per heavy atom. The second-order valence-corrected chi connectivity index (χ2v) is 5.61. The summed E-state index contributed by atoms with van der Waals surface area (Å²) >= 11 is 1.57. The zero-order chi connectivity index (χ0) is 15.5. The van der Waals surface area contributed by atoms with Crippen molar-refractivity contribution in [2.45, 2.75) is 32.2 Å². The number of thioether (sulfide) groups is 1. The monoisotopic (exact) mass is 305 g/mol. The number of aliphatic carboxylic acids is 1. The van der Waals surface area contributed by atoms with E-state index in [-0.39, 0.29) is 18.2 Å². The van der Waals surface area contributed by atoms with Crippen molar-refractivity contribution >= 4 is 29.7 Å². The summed E-state index contributed by atoms with van der Waals surface area (Å²) in [7, 11) is 0. The van der Waals surface area contributed by atoms with Crippen molar-refractivity contribution in [3.8, 4) is 0 Å². The minimum Gasteiger partial charge on any atom is -0.481 e. The summed E-state index contributed by atoms with van der Waals surface area (Å²) in [5.41, 5.74) is 5.04. The molecule has 0 aliphatic heterocycles. The molecule has 116 valence electrons. The van der Waals surface area contributed by atoms with Gasteiger partial charge in [0.15, 0.2) is 0 Å². The predicted molar refractivity (Wildman–Crippen MR) is 78.5 cm³/mol. The topological polar surface area (TPSA) is 122 Å². The highest BCUT2D eigenvalue weighted by Crippen LogP contribution is 2.05. The molecule has 0 saturated heterocycles. The van der Waals surface area contributed by atoms with Crippen molar-refractivity contribution in [3.05, 3.63) is 0 Å². The number of carboxylic acids is 1. The van der Waals surface area contributed by atoms with Gasteiger partial charge in [0.25, 0.3) is 0 Å². The number of hydrogen-bond donors (Lipinski definition) is 4. The number of nitrogens with one attached hydrogen (secondary N) is 2. The molecule has 2 unspecified atom stereocenters. The second kappa shape index (κ2) is 10.4. The number of primary amides is 1. The fourth-order valence-corrected chi connectivity index (χ4v) is 2.02. The SMILES string of the molecule is CSCCC(NC(N)=O)C(=O)NCC(C)CCC(=O)O. The van der Waals surface area contributed by atoms with Crippen molar-refractivity contribution < 1.29 is 19.5 Å². The van der Waals surface area contributed by atoms with Gasteiger partial charge in [0.1, 0.15) is 6.04 Å². The first kappa shape index (κ1) is 18.6. The van der Waals surface area contributed by atoms with Gasteiger partial charge >= 0.3 is 12.0 Å². The van der Waals surface area contributed by atoms with Crippen LogP contribution < -0.4 is 16.4 Å². The number of nitrogens with two attached hydrogens (primary N) is 1. The minimum atomic E-state index is -0.851. The highest BCUT2D eigenvalue weighted by molar-refractivity contribution is 7.98. The van der Waals surface area contributed by atoms with E-state index in [1.165, 1.54) is 0 Å². The lowest BCUT2D eigenvalue weighted by Crippen LogP contribution is -2.49. The molecule has 0 bridgehead atoms. The molecule has 7 nitrogen and oxygen atoms in total. The zero-order valence-corrected chi connectivity index (χ0v) is 12.7. The van der Waals surface area contributed by atoms with Crippen LogP contribution in [0.3, 0.4) is 0 Å². The normalized spacial score (nSPS) is 13.3. The predicted octanol–water partition coefficient (Wildman–Crippen LogP) is 0.394. The summed E-state index contributed by atoms with van der Waals surface area (Å²) < 4.78 is 0. The van der Waals surface area contributed by atoms with Crippen molar-refractivity contribution in [2.75, 3.05) is 18.6 Å². The van der Waals surface area contributed by atoms with Crippen LogP contribution in [0.1, 0.15) is 26.2 Å². The lowest BCUT2D eigenvalue weighted by Gasteiger charge is -2.18. The third kappa shape index (κ3) is 9.48. The highest BCUT2D eigenvalue weighted by Gasteiger charge is 2.19. The molecule has 0 aromatic carbocycles. The molecule has 0 radical (unpaired) electrons. The second-order valence-electron chi connectivity index (χ2n) is 4.63. The fraction of sp³-hybridized carbons (Fsp3) is 0.750. The summed E-state index contributed by atoms with van der Waals surface area (Å²) in [4.78, 5) is 33.2. The minimum absolute atomic E-state index is 0.0600. The van der Waals surface area contributed by atoms with E-state index in [0.717, 1.165) is 5.75 Å². The Balaban J connectivity index is 4.16. The van der Waals surface area contributed by atoms with Gasteiger partial charge in [-0.15, -0.1) is 0 Å². The van der Waals surface area contributed by atoms with Crippen molar-refractivity contribution in [3.63, 3.8) is 0 Å². The molecule has 0 heterocycles. The Morgan fingerprint density at radius 2 is 1.95 bits per heavy atom. The van der Waals surface area contributed by atoms with Crippen molar-refractivity contribution in [1.29, 1.82) is 0 Å². The van der Waals surface area contributed by atoms with Crippen LogP contribution in [0.5, 0.6) is 0 Å². The number of rotatable bonds is 10. The van der Waals surface area contributed by atoms with E-state index < -0.39 is 18.0 Å². The van der Waals surface area contributed by atoms with Crippen molar-refractivity contribution in [1.82, 2.24) is 10.6 Å². The molecule has 0 saturated carbocycles. The van der Waals surface area contributed by atoms with E-state index in [1.807, 2.05) is 13.2 Å². The van der Waals surface area contributed by atoms with Crippen LogP contribution in [-0.2, 0) is 9.59 Å². The first-order valence-corrected chi connectivity index (χ1v) is 7.80. The highest BCUT2D eigenvalue weighted by atomic mass is 32.2. The van der Waals surface area contributed by atoms with Crippen LogP contribution in [0.15, 0.2) is 0 Å². The van der Waals surface area contributed by atoms with Crippen LogP contribution in [0, 0.1) is 5.92 Å². The van der Waals surface area contributed by atoms with Gasteiger partial charge < -0.3 is 21.5 Å². The molecule has 20 heavy (non-hydrogen) atoms. The maximum absolute atomic E-state index is 11.9. The van der Waals surface area contributed by atoms with E-state index in [9.17, 15) is 14.4 Å². The Morgan fingerprint density at radius 1 is 1.30 bits per heavy atom. The molecule has 2 atom stereocenters. The smallest absolute Gasteiger partial charge is 0.312 e. The first-order chi connectivity index (χ1) is 9.36. The van der Waals surface area contributed by atoms with E-state index in [2.05, 4.69) is 10.6 Å². The number of amides is 3. The Labute approximate surface area is 123 Å². The first-order valence-electron chi connectivity index (χ1n) is 6.41. The van der Waals surface area contributed by atoms with Gasteiger partial charge in [-0.1, -0.05) is 6.92 Å². The molecule has 0 aromatic heterocycles. The van der Waals surface area contributed by atoms with Gasteiger partial charge in [0, 0.05) is 13.0 Å². The average molecular weight is 305 g/mol. The number of carboxylic acid groups (broad SMARTS) is 1. The lowest BCUT2D eigenvalue weighted by atomic mass is 10.1. The van der Waals surface area contributed by atoms with E-state index >= 15 is 0 Å². The van der Waals surface area contributed by atoms with Gasteiger partial charge in [-0.25, -0.2) is 4.79 Å². The van der Waals surface area contributed by atoms with Crippen LogP contribution in [0.25, 0.3) is 0 Å². The molecule has 8 heteroatoms.